The summed E-state index contributed by atoms with van der Waals surface area (Å²) in [5, 5.41) is 22.1. The lowest BCUT2D eigenvalue weighted by atomic mass is 9.79. The molecule has 4 unspecified atom stereocenters. The summed E-state index contributed by atoms with van der Waals surface area (Å²) in [5.74, 6) is -1.50. The largest absolute Gasteiger partial charge is 0.452 e. The van der Waals surface area contributed by atoms with Crippen molar-refractivity contribution in [3.63, 3.8) is 0 Å². The molecule has 0 amide bonds. The highest BCUT2D eigenvalue weighted by Crippen LogP contribution is 2.40. The van der Waals surface area contributed by atoms with Crippen LogP contribution in [0.1, 0.15) is 40.5 Å². The summed E-state index contributed by atoms with van der Waals surface area (Å²) in [5.41, 5.74) is -0.155. The molecule has 0 radical (unpaired) electrons. The molecule has 6 nitrogen and oxygen atoms in total. The van der Waals surface area contributed by atoms with E-state index in [1.165, 1.54) is 6.08 Å². The van der Waals surface area contributed by atoms with Gasteiger partial charge in [-0.05, 0) is 52.2 Å². The predicted molar refractivity (Wildman–Crippen MR) is 96.0 cm³/mol. The molecule has 4 atom stereocenters. The van der Waals surface area contributed by atoms with Crippen LogP contribution in [0.15, 0.2) is 47.1 Å². The second kappa shape index (κ2) is 7.60. The first-order valence-corrected chi connectivity index (χ1v) is 8.57. The number of aliphatic hydroxyl groups is 2. The smallest absolute Gasteiger partial charge is 0.337 e. The van der Waals surface area contributed by atoms with Crippen molar-refractivity contribution in [3.8, 4) is 0 Å². The van der Waals surface area contributed by atoms with E-state index in [1.54, 1.807) is 26.8 Å². The number of aliphatic hydroxyl groups excluding tert-OH is 1. The van der Waals surface area contributed by atoms with E-state index < -0.39 is 35.9 Å². The van der Waals surface area contributed by atoms with Gasteiger partial charge in [0.25, 0.3) is 0 Å². The van der Waals surface area contributed by atoms with Gasteiger partial charge in [0.15, 0.2) is 17.8 Å². The number of rotatable bonds is 2. The van der Waals surface area contributed by atoms with Gasteiger partial charge in [0.05, 0.1) is 5.57 Å². The molecule has 0 saturated carbocycles. The maximum Gasteiger partial charge on any atom is 0.337 e. The van der Waals surface area contributed by atoms with Crippen molar-refractivity contribution in [1.29, 1.82) is 0 Å². The predicted octanol–water partition coefficient (Wildman–Crippen LogP) is 2.12. The Morgan fingerprint density at radius 1 is 1.42 bits per heavy atom. The molecule has 2 rings (SSSR count). The zero-order valence-electron chi connectivity index (χ0n) is 15.6. The molecule has 0 aromatic carbocycles. The van der Waals surface area contributed by atoms with Crippen LogP contribution in [0.3, 0.4) is 0 Å². The summed E-state index contributed by atoms with van der Waals surface area (Å²) >= 11 is 0. The average Bonchev–Trinajstić information content (AvgIpc) is 2.75. The zero-order valence-corrected chi connectivity index (χ0v) is 15.6. The Morgan fingerprint density at radius 2 is 2.08 bits per heavy atom. The fraction of sp³-hybridized carbons (Fsp3) is 0.500. The molecule has 0 bridgehead atoms. The van der Waals surface area contributed by atoms with Gasteiger partial charge in [0, 0.05) is 6.08 Å². The minimum absolute atomic E-state index is 0.242. The van der Waals surface area contributed by atoms with E-state index in [0.717, 1.165) is 5.57 Å². The van der Waals surface area contributed by atoms with Gasteiger partial charge in [-0.25, -0.2) is 9.59 Å². The van der Waals surface area contributed by atoms with Crippen molar-refractivity contribution in [2.45, 2.75) is 64.4 Å². The van der Waals surface area contributed by atoms with Gasteiger partial charge < -0.3 is 19.7 Å². The van der Waals surface area contributed by atoms with Gasteiger partial charge in [0.1, 0.15) is 6.10 Å². The highest BCUT2D eigenvalue weighted by atomic mass is 16.6. The average molecular weight is 362 g/mol. The number of allylic oxidation sites excluding steroid dienone is 3. The lowest BCUT2D eigenvalue weighted by Crippen LogP contribution is -2.57. The monoisotopic (exact) mass is 362 g/mol. The number of hydrogen-bond donors (Lipinski definition) is 2. The van der Waals surface area contributed by atoms with Crippen LogP contribution < -0.4 is 0 Å². The molecule has 6 heteroatoms. The molecule has 0 spiro atoms. The Labute approximate surface area is 153 Å². The fourth-order valence-electron chi connectivity index (χ4n) is 3.12. The van der Waals surface area contributed by atoms with E-state index >= 15 is 0 Å². The Morgan fingerprint density at radius 3 is 2.69 bits per heavy atom. The van der Waals surface area contributed by atoms with Crippen LogP contribution in [0.25, 0.3) is 0 Å². The molecular formula is C20H26O6. The Bertz CT molecular complexity index is 710. The van der Waals surface area contributed by atoms with Crippen LogP contribution in [-0.2, 0) is 19.1 Å². The number of carbonyl (C=O) groups is 2. The summed E-state index contributed by atoms with van der Waals surface area (Å²) in [4.78, 5) is 24.3. The highest BCUT2D eigenvalue weighted by molar-refractivity contribution is 5.94. The number of fused-ring (bicyclic) bond motifs is 1. The lowest BCUT2D eigenvalue weighted by molar-refractivity contribution is -0.172. The van der Waals surface area contributed by atoms with Crippen molar-refractivity contribution >= 4 is 11.9 Å². The Hall–Kier alpha value is -2.18. The van der Waals surface area contributed by atoms with E-state index in [-0.39, 0.29) is 5.57 Å². The summed E-state index contributed by atoms with van der Waals surface area (Å²) in [6.45, 7) is 10.6. The molecule has 1 heterocycles. The Balaban J connectivity index is 2.57. The van der Waals surface area contributed by atoms with Gasteiger partial charge in [-0.2, -0.15) is 0 Å². The molecule has 1 fully saturated rings. The maximum atomic E-state index is 12.2. The van der Waals surface area contributed by atoms with Crippen molar-refractivity contribution in [2.75, 3.05) is 0 Å². The van der Waals surface area contributed by atoms with Crippen molar-refractivity contribution in [3.05, 3.63) is 47.1 Å². The second-order valence-corrected chi connectivity index (χ2v) is 7.15. The lowest BCUT2D eigenvalue weighted by Gasteiger charge is -2.37. The van der Waals surface area contributed by atoms with Crippen LogP contribution >= 0.6 is 0 Å². The van der Waals surface area contributed by atoms with Gasteiger partial charge >= 0.3 is 11.9 Å². The number of hydrogen-bond acceptors (Lipinski definition) is 6. The van der Waals surface area contributed by atoms with E-state index in [9.17, 15) is 19.8 Å². The van der Waals surface area contributed by atoms with Gasteiger partial charge in [-0.1, -0.05) is 23.8 Å². The molecule has 2 aliphatic rings. The molecule has 0 aromatic heterocycles. The number of esters is 2. The summed E-state index contributed by atoms with van der Waals surface area (Å²) < 4.78 is 10.7. The molecule has 1 aliphatic carbocycles. The first kappa shape index (κ1) is 20.1. The second-order valence-electron chi connectivity index (χ2n) is 7.15. The summed E-state index contributed by atoms with van der Waals surface area (Å²) in [6, 6.07) is 0. The van der Waals surface area contributed by atoms with E-state index in [1.807, 2.05) is 13.0 Å². The van der Waals surface area contributed by atoms with Crippen molar-refractivity contribution < 1.29 is 29.3 Å². The Kier molecular flexibility index (Phi) is 5.88. The molecular weight excluding hydrogens is 336 g/mol. The minimum Gasteiger partial charge on any atom is -0.452 e. The van der Waals surface area contributed by atoms with Gasteiger partial charge in [-0.15, -0.1) is 0 Å². The normalized spacial score (nSPS) is 32.0. The quantitative estimate of drug-likeness (QED) is 0.444. The molecule has 2 N–H and O–H groups in total. The van der Waals surface area contributed by atoms with Crippen LogP contribution in [0.5, 0.6) is 0 Å². The first-order valence-electron chi connectivity index (χ1n) is 8.57. The standard InChI is InChI=1S/C20H26O6/c1-11(2)9-16(21)26-18-17(22)13(4)8-6-7-12(3)10-15-20(18,24)14(5)19(23)25-15/h8-10,15,17-18,22,24H,5-7H2,1-4H3. The summed E-state index contributed by atoms with van der Waals surface area (Å²) in [6.07, 6.45) is 2.22. The van der Waals surface area contributed by atoms with Crippen LogP contribution in [-0.4, -0.2) is 46.1 Å². The van der Waals surface area contributed by atoms with Crippen LogP contribution in [0.4, 0.5) is 0 Å². The SMILES string of the molecule is C=C1C(=O)OC2C=C(C)CCC=C(C)C(O)C(OC(=O)C=C(C)C)C12O. The third-order valence-corrected chi connectivity index (χ3v) is 4.68. The molecule has 1 saturated heterocycles. The van der Waals surface area contributed by atoms with Gasteiger partial charge in [0.2, 0.25) is 0 Å². The van der Waals surface area contributed by atoms with Gasteiger partial charge in [-0.3, -0.25) is 0 Å². The zero-order chi connectivity index (χ0) is 19.6. The highest BCUT2D eigenvalue weighted by Gasteiger charge is 2.59. The maximum absolute atomic E-state index is 12.2. The van der Waals surface area contributed by atoms with E-state index in [2.05, 4.69) is 6.58 Å². The minimum atomic E-state index is -2.06. The van der Waals surface area contributed by atoms with Crippen molar-refractivity contribution in [2.24, 2.45) is 0 Å². The van der Waals surface area contributed by atoms with Crippen molar-refractivity contribution in [1.82, 2.24) is 0 Å². The van der Waals surface area contributed by atoms with E-state index in [0.29, 0.717) is 24.0 Å². The molecule has 1 aliphatic heterocycles. The summed E-state index contributed by atoms with van der Waals surface area (Å²) in [7, 11) is 0. The van der Waals surface area contributed by atoms with Crippen LogP contribution in [0, 0.1) is 0 Å². The van der Waals surface area contributed by atoms with Crippen LogP contribution in [0.2, 0.25) is 0 Å². The van der Waals surface area contributed by atoms with E-state index in [4.69, 9.17) is 9.47 Å². The number of carbonyl (C=O) groups excluding carboxylic acids is 2. The third-order valence-electron chi connectivity index (χ3n) is 4.68. The first-order chi connectivity index (χ1) is 12.1. The fourth-order valence-corrected chi connectivity index (χ4v) is 3.12. The third kappa shape index (κ3) is 3.81. The number of ether oxygens (including phenoxy) is 2. The molecule has 26 heavy (non-hydrogen) atoms. The molecule has 0 aromatic rings. The molecule has 142 valence electrons. The topological polar surface area (TPSA) is 93.1 Å².